The van der Waals surface area contributed by atoms with Gasteiger partial charge in [-0.1, -0.05) is 12.1 Å². The molecule has 3 N–H and O–H groups in total. The number of carbonyl (C=O) groups is 2. The molecule has 0 saturated carbocycles. The van der Waals surface area contributed by atoms with Crippen molar-refractivity contribution < 1.29 is 9.59 Å². The molecule has 0 aliphatic heterocycles. The summed E-state index contributed by atoms with van der Waals surface area (Å²) in [5.41, 5.74) is 4.97. The summed E-state index contributed by atoms with van der Waals surface area (Å²) in [6.45, 7) is 5.82. The Labute approximate surface area is 181 Å². The van der Waals surface area contributed by atoms with Crippen LogP contribution in [-0.2, 0) is 11.3 Å². The van der Waals surface area contributed by atoms with Crippen LogP contribution in [0, 0.1) is 13.8 Å². The lowest BCUT2D eigenvalue weighted by Gasteiger charge is -2.14. The number of rotatable bonds is 5. The summed E-state index contributed by atoms with van der Waals surface area (Å²) in [6.07, 6.45) is 3.40. The molecule has 3 rings (SSSR count). The van der Waals surface area contributed by atoms with E-state index >= 15 is 0 Å². The number of nitrogens with one attached hydrogen (secondary N) is 3. The Morgan fingerprint density at radius 1 is 0.903 bits per heavy atom. The molecule has 0 fully saturated rings. The van der Waals surface area contributed by atoms with Crippen LogP contribution in [0.25, 0.3) is 0 Å². The standard InChI is InChI=1S/C24H25N5O2/c1-16-11-17(2)13-22(12-16)28-24(26-15-19-7-9-25-10-8-19)29-23(31)20-5-4-6-21(14-20)27-18(3)30/h4-14H,15H2,1-3H3,(H,27,30)(H2,26,28,29,31). The number of amides is 2. The van der Waals surface area contributed by atoms with Crippen molar-refractivity contribution in [3.8, 4) is 0 Å². The van der Waals surface area contributed by atoms with E-state index in [1.807, 2.05) is 38.1 Å². The number of aromatic nitrogens is 1. The summed E-state index contributed by atoms with van der Waals surface area (Å²) in [5.74, 6) is -0.206. The van der Waals surface area contributed by atoms with Crippen molar-refractivity contribution in [1.29, 1.82) is 0 Å². The largest absolute Gasteiger partial charge is 0.326 e. The summed E-state index contributed by atoms with van der Waals surface area (Å²) in [6, 6.07) is 16.5. The van der Waals surface area contributed by atoms with Crippen LogP contribution in [0.15, 0.2) is 72.0 Å². The molecule has 1 aromatic heterocycles. The Bertz CT molecular complexity index is 1090. The molecule has 0 aliphatic carbocycles. The number of nitrogens with zero attached hydrogens (tertiary/aromatic N) is 2. The number of carbonyl (C=O) groups excluding carboxylic acids is 2. The molecule has 0 unspecified atom stereocenters. The van der Waals surface area contributed by atoms with Gasteiger partial charge in [-0.2, -0.15) is 0 Å². The van der Waals surface area contributed by atoms with Crippen molar-refractivity contribution in [3.63, 3.8) is 0 Å². The second-order valence-corrected chi connectivity index (χ2v) is 7.24. The molecule has 7 nitrogen and oxygen atoms in total. The minimum Gasteiger partial charge on any atom is -0.326 e. The van der Waals surface area contributed by atoms with E-state index in [9.17, 15) is 9.59 Å². The Balaban J connectivity index is 1.83. The van der Waals surface area contributed by atoms with Crippen LogP contribution in [0.1, 0.15) is 34.0 Å². The average molecular weight is 415 g/mol. The van der Waals surface area contributed by atoms with Gasteiger partial charge in [0, 0.05) is 36.3 Å². The first-order chi connectivity index (χ1) is 14.9. The minimum absolute atomic E-state index is 0.200. The van der Waals surface area contributed by atoms with Crippen LogP contribution in [0.2, 0.25) is 0 Å². The lowest BCUT2D eigenvalue weighted by Crippen LogP contribution is -2.36. The van der Waals surface area contributed by atoms with E-state index in [1.165, 1.54) is 6.92 Å². The van der Waals surface area contributed by atoms with Crippen molar-refractivity contribution in [2.24, 2.45) is 4.99 Å². The van der Waals surface area contributed by atoms with E-state index in [4.69, 9.17) is 0 Å². The highest BCUT2D eigenvalue weighted by atomic mass is 16.2. The molecule has 158 valence electrons. The van der Waals surface area contributed by atoms with Gasteiger partial charge < -0.3 is 10.6 Å². The lowest BCUT2D eigenvalue weighted by atomic mass is 10.1. The Morgan fingerprint density at radius 2 is 1.61 bits per heavy atom. The maximum atomic E-state index is 12.9. The zero-order valence-corrected chi connectivity index (χ0v) is 17.8. The van der Waals surface area contributed by atoms with Crippen molar-refractivity contribution >= 4 is 29.1 Å². The second-order valence-electron chi connectivity index (χ2n) is 7.24. The Kier molecular flexibility index (Phi) is 7.11. The Hall–Kier alpha value is -4.00. The molecule has 7 heteroatoms. The second kappa shape index (κ2) is 10.2. The summed E-state index contributed by atoms with van der Waals surface area (Å²) in [4.78, 5) is 32.8. The van der Waals surface area contributed by atoms with E-state index in [1.54, 1.807) is 36.7 Å². The van der Waals surface area contributed by atoms with E-state index in [-0.39, 0.29) is 11.8 Å². The number of pyridine rings is 1. The predicted octanol–water partition coefficient (Wildman–Crippen LogP) is 4.05. The molecular weight excluding hydrogens is 390 g/mol. The molecule has 31 heavy (non-hydrogen) atoms. The lowest BCUT2D eigenvalue weighted by molar-refractivity contribution is -0.114. The Morgan fingerprint density at radius 3 is 2.29 bits per heavy atom. The molecule has 0 aliphatic rings. The van der Waals surface area contributed by atoms with Gasteiger partial charge in [0.15, 0.2) is 0 Å². The van der Waals surface area contributed by atoms with Crippen molar-refractivity contribution in [2.75, 3.05) is 10.6 Å². The van der Waals surface area contributed by atoms with Gasteiger partial charge in [-0.05, 0) is 73.0 Å². The van der Waals surface area contributed by atoms with Gasteiger partial charge in [-0.15, -0.1) is 0 Å². The number of aryl methyl sites for hydroxylation is 2. The van der Waals surface area contributed by atoms with Crippen molar-refractivity contribution in [2.45, 2.75) is 27.3 Å². The van der Waals surface area contributed by atoms with Gasteiger partial charge in [-0.25, -0.2) is 4.99 Å². The third-order valence-electron chi connectivity index (χ3n) is 4.33. The van der Waals surface area contributed by atoms with Crippen LogP contribution in [-0.4, -0.2) is 22.8 Å². The zero-order chi connectivity index (χ0) is 22.2. The summed E-state index contributed by atoms with van der Waals surface area (Å²) < 4.78 is 0. The van der Waals surface area contributed by atoms with Gasteiger partial charge in [0.25, 0.3) is 5.91 Å². The monoisotopic (exact) mass is 415 g/mol. The molecule has 0 radical (unpaired) electrons. The first kappa shape index (κ1) is 21.7. The zero-order valence-electron chi connectivity index (χ0n) is 17.8. The summed E-state index contributed by atoms with van der Waals surface area (Å²) in [5, 5.41) is 8.74. The predicted molar refractivity (Wildman–Crippen MR) is 123 cm³/mol. The van der Waals surface area contributed by atoms with E-state index < -0.39 is 0 Å². The maximum absolute atomic E-state index is 12.9. The van der Waals surface area contributed by atoms with Gasteiger partial charge in [-0.3, -0.25) is 19.9 Å². The van der Waals surface area contributed by atoms with Crippen molar-refractivity contribution in [3.05, 3.63) is 89.2 Å². The van der Waals surface area contributed by atoms with Gasteiger partial charge in [0.05, 0.1) is 6.54 Å². The van der Waals surface area contributed by atoms with Crippen molar-refractivity contribution in [1.82, 2.24) is 10.3 Å². The topological polar surface area (TPSA) is 95.5 Å². The molecule has 0 saturated heterocycles. The molecule has 1 heterocycles. The number of anilines is 2. The minimum atomic E-state index is -0.336. The first-order valence-corrected chi connectivity index (χ1v) is 9.87. The number of hydrogen-bond acceptors (Lipinski definition) is 4. The molecule has 2 aromatic carbocycles. The molecule has 0 atom stereocenters. The van der Waals surface area contributed by atoms with Gasteiger partial charge in [0.1, 0.15) is 0 Å². The highest BCUT2D eigenvalue weighted by Crippen LogP contribution is 2.14. The van der Waals surface area contributed by atoms with Gasteiger partial charge in [0.2, 0.25) is 11.9 Å². The number of aliphatic imine (C=N–C) groups is 1. The first-order valence-electron chi connectivity index (χ1n) is 9.87. The van der Waals surface area contributed by atoms with Crippen LogP contribution in [0.4, 0.5) is 11.4 Å². The molecule has 0 spiro atoms. The highest BCUT2D eigenvalue weighted by molar-refractivity contribution is 6.10. The summed E-state index contributed by atoms with van der Waals surface area (Å²) >= 11 is 0. The van der Waals surface area contributed by atoms with Crippen LogP contribution >= 0.6 is 0 Å². The smallest absolute Gasteiger partial charge is 0.258 e. The number of benzene rings is 2. The SMILES string of the molecule is CC(=O)Nc1cccc(C(=O)NC(=NCc2ccncc2)Nc2cc(C)cc(C)c2)c1. The summed E-state index contributed by atoms with van der Waals surface area (Å²) in [7, 11) is 0. The van der Waals surface area contributed by atoms with E-state index in [2.05, 4.69) is 32.0 Å². The quantitative estimate of drug-likeness (QED) is 0.433. The fourth-order valence-corrected chi connectivity index (χ4v) is 3.07. The normalized spacial score (nSPS) is 11.0. The third kappa shape index (κ3) is 6.78. The number of hydrogen-bond donors (Lipinski definition) is 3. The highest BCUT2D eigenvalue weighted by Gasteiger charge is 2.11. The molecule has 3 aromatic rings. The van der Waals surface area contributed by atoms with Gasteiger partial charge >= 0.3 is 0 Å². The van der Waals surface area contributed by atoms with Crippen LogP contribution in [0.5, 0.6) is 0 Å². The molecular formula is C24H25N5O2. The third-order valence-corrected chi connectivity index (χ3v) is 4.33. The van der Waals surface area contributed by atoms with E-state index in [0.717, 1.165) is 22.4 Å². The van der Waals surface area contributed by atoms with Crippen LogP contribution < -0.4 is 16.0 Å². The fraction of sp³-hybridized carbons (Fsp3) is 0.167. The molecule has 0 bridgehead atoms. The number of guanidine groups is 1. The maximum Gasteiger partial charge on any atom is 0.258 e. The average Bonchev–Trinajstić information content (AvgIpc) is 2.72. The fourth-order valence-electron chi connectivity index (χ4n) is 3.07. The van der Waals surface area contributed by atoms with Crippen LogP contribution in [0.3, 0.4) is 0 Å². The molecule has 2 amide bonds. The van der Waals surface area contributed by atoms with E-state index in [0.29, 0.717) is 23.8 Å².